The largest absolute Gasteiger partial charge is 0.357 e. The van der Waals surface area contributed by atoms with E-state index in [1.807, 2.05) is 0 Å². The molecule has 0 atom stereocenters. The zero-order valence-electron chi connectivity index (χ0n) is 14.4. The van der Waals surface area contributed by atoms with Gasteiger partial charge in [-0.05, 0) is 43.5 Å². The van der Waals surface area contributed by atoms with E-state index in [2.05, 4.69) is 16.0 Å². The fourth-order valence-corrected chi connectivity index (χ4v) is 3.24. The van der Waals surface area contributed by atoms with E-state index < -0.39 is 5.54 Å². The van der Waals surface area contributed by atoms with E-state index in [9.17, 15) is 14.4 Å². The lowest BCUT2D eigenvalue weighted by Crippen LogP contribution is -2.56. The second-order valence-electron chi connectivity index (χ2n) is 6.28. The molecule has 25 heavy (non-hydrogen) atoms. The lowest BCUT2D eigenvalue weighted by molar-refractivity contribution is -0.133. The van der Waals surface area contributed by atoms with Gasteiger partial charge in [0, 0.05) is 30.6 Å². The molecule has 1 aliphatic rings. The fraction of sp³-hybridized carbons (Fsp3) is 0.500. The molecule has 0 spiro atoms. The van der Waals surface area contributed by atoms with Crippen LogP contribution >= 0.6 is 11.6 Å². The van der Waals surface area contributed by atoms with Gasteiger partial charge in [-0.2, -0.15) is 0 Å². The minimum Gasteiger partial charge on any atom is -0.357 e. The van der Waals surface area contributed by atoms with Crippen molar-refractivity contribution in [1.82, 2.24) is 16.0 Å². The minimum atomic E-state index is -0.765. The third-order valence-electron chi connectivity index (χ3n) is 4.47. The zero-order chi connectivity index (χ0) is 18.3. The van der Waals surface area contributed by atoms with Gasteiger partial charge in [0.2, 0.25) is 11.8 Å². The molecule has 3 amide bonds. The summed E-state index contributed by atoms with van der Waals surface area (Å²) < 4.78 is 0. The molecule has 1 aromatic carbocycles. The quantitative estimate of drug-likeness (QED) is 0.646. The molecule has 0 saturated heterocycles. The third-order valence-corrected chi connectivity index (χ3v) is 4.72. The number of carbonyl (C=O) groups excluding carboxylic acids is 3. The van der Waals surface area contributed by atoms with Crippen molar-refractivity contribution in [1.29, 1.82) is 0 Å². The lowest BCUT2D eigenvalue weighted by atomic mass is 9.96. The van der Waals surface area contributed by atoms with Crippen molar-refractivity contribution in [3.8, 4) is 0 Å². The van der Waals surface area contributed by atoms with Crippen LogP contribution in [0.1, 0.15) is 48.9 Å². The maximum atomic E-state index is 12.2. The lowest BCUT2D eigenvalue weighted by Gasteiger charge is -2.28. The van der Waals surface area contributed by atoms with E-state index in [0.29, 0.717) is 36.4 Å². The highest BCUT2D eigenvalue weighted by Crippen LogP contribution is 2.30. The van der Waals surface area contributed by atoms with Crippen molar-refractivity contribution in [2.24, 2.45) is 0 Å². The van der Waals surface area contributed by atoms with Crippen LogP contribution in [0.5, 0.6) is 0 Å². The minimum absolute atomic E-state index is 0.130. The van der Waals surface area contributed by atoms with Crippen molar-refractivity contribution >= 4 is 29.3 Å². The predicted molar refractivity (Wildman–Crippen MR) is 96.4 cm³/mol. The number of hydrogen-bond donors (Lipinski definition) is 3. The van der Waals surface area contributed by atoms with Gasteiger partial charge in [-0.1, -0.05) is 24.4 Å². The Labute approximate surface area is 152 Å². The Kier molecular flexibility index (Phi) is 6.82. The maximum absolute atomic E-state index is 12.2. The molecule has 1 aromatic rings. The number of amides is 3. The van der Waals surface area contributed by atoms with E-state index in [0.717, 1.165) is 12.8 Å². The van der Waals surface area contributed by atoms with E-state index in [-0.39, 0.29) is 24.1 Å². The van der Waals surface area contributed by atoms with E-state index in [1.54, 1.807) is 31.3 Å². The number of rotatable bonds is 7. The number of benzene rings is 1. The average Bonchev–Trinajstić information content (AvgIpc) is 3.08. The Morgan fingerprint density at radius 3 is 2.36 bits per heavy atom. The highest BCUT2D eigenvalue weighted by atomic mass is 35.5. The van der Waals surface area contributed by atoms with Gasteiger partial charge in [0.05, 0.1) is 0 Å². The molecule has 3 N–H and O–H groups in total. The van der Waals surface area contributed by atoms with E-state index in [4.69, 9.17) is 11.6 Å². The van der Waals surface area contributed by atoms with Gasteiger partial charge in [0.1, 0.15) is 5.54 Å². The molecular formula is C18H24ClN3O3. The van der Waals surface area contributed by atoms with Crippen LogP contribution in [-0.4, -0.2) is 36.9 Å². The van der Waals surface area contributed by atoms with Crippen LogP contribution < -0.4 is 16.0 Å². The molecule has 7 heteroatoms. The van der Waals surface area contributed by atoms with Crippen molar-refractivity contribution < 1.29 is 14.4 Å². The average molecular weight is 366 g/mol. The predicted octanol–water partition coefficient (Wildman–Crippen LogP) is 2.02. The molecule has 0 aliphatic heterocycles. The molecule has 2 rings (SSSR count). The van der Waals surface area contributed by atoms with Crippen molar-refractivity contribution in [2.75, 3.05) is 13.6 Å². The van der Waals surface area contributed by atoms with Gasteiger partial charge in [-0.15, -0.1) is 0 Å². The Balaban J connectivity index is 1.74. The van der Waals surface area contributed by atoms with Crippen LogP contribution in [-0.2, 0) is 9.59 Å². The molecule has 0 heterocycles. The summed E-state index contributed by atoms with van der Waals surface area (Å²) in [5.41, 5.74) is -0.239. The summed E-state index contributed by atoms with van der Waals surface area (Å²) in [6.45, 7) is 0.391. The van der Waals surface area contributed by atoms with Crippen molar-refractivity contribution in [2.45, 2.75) is 44.1 Å². The Bertz CT molecular complexity index is 625. The summed E-state index contributed by atoms with van der Waals surface area (Å²) in [7, 11) is 1.58. The van der Waals surface area contributed by atoms with Crippen LogP contribution in [0.25, 0.3) is 0 Å². The molecule has 136 valence electrons. The number of nitrogens with one attached hydrogen (secondary N) is 3. The van der Waals surface area contributed by atoms with E-state index >= 15 is 0 Å². The molecule has 0 aromatic heterocycles. The summed E-state index contributed by atoms with van der Waals surface area (Å²) in [4.78, 5) is 36.2. The molecule has 1 saturated carbocycles. The normalized spacial score (nSPS) is 15.4. The van der Waals surface area contributed by atoms with Gasteiger partial charge >= 0.3 is 0 Å². The smallest absolute Gasteiger partial charge is 0.251 e. The number of likely N-dealkylation sites (N-methyl/N-ethyl adjacent to an activating group) is 1. The number of carbonyl (C=O) groups is 3. The summed E-state index contributed by atoms with van der Waals surface area (Å²) in [5, 5.41) is 8.87. The summed E-state index contributed by atoms with van der Waals surface area (Å²) >= 11 is 5.79. The van der Waals surface area contributed by atoms with Gasteiger partial charge in [-0.3, -0.25) is 14.4 Å². The van der Waals surface area contributed by atoms with Crippen LogP contribution in [0.15, 0.2) is 24.3 Å². The van der Waals surface area contributed by atoms with Gasteiger partial charge in [0.15, 0.2) is 0 Å². The number of hydrogen-bond acceptors (Lipinski definition) is 3. The first-order valence-electron chi connectivity index (χ1n) is 8.54. The van der Waals surface area contributed by atoms with Crippen LogP contribution in [0.2, 0.25) is 5.02 Å². The van der Waals surface area contributed by atoms with Crippen LogP contribution in [0, 0.1) is 0 Å². The third kappa shape index (κ3) is 5.19. The zero-order valence-corrected chi connectivity index (χ0v) is 15.1. The standard InChI is InChI=1S/C18H24ClN3O3/c1-20-17(25)18(10-2-3-11-18)22-15(23)5-4-12-21-16(24)13-6-8-14(19)9-7-13/h6-9H,2-5,10-12H2,1H3,(H,20,25)(H,21,24)(H,22,23). The molecule has 0 unspecified atom stereocenters. The highest BCUT2D eigenvalue weighted by Gasteiger charge is 2.41. The Morgan fingerprint density at radius 2 is 1.76 bits per heavy atom. The second kappa shape index (κ2) is 8.85. The highest BCUT2D eigenvalue weighted by molar-refractivity contribution is 6.30. The topological polar surface area (TPSA) is 87.3 Å². The van der Waals surface area contributed by atoms with Gasteiger partial charge in [-0.25, -0.2) is 0 Å². The van der Waals surface area contributed by atoms with Crippen molar-refractivity contribution in [3.05, 3.63) is 34.9 Å². The molecule has 1 fully saturated rings. The number of halogens is 1. The first-order chi connectivity index (χ1) is 12.0. The maximum Gasteiger partial charge on any atom is 0.251 e. The van der Waals surface area contributed by atoms with E-state index in [1.165, 1.54) is 0 Å². The Hall–Kier alpha value is -2.08. The molecular weight excluding hydrogens is 342 g/mol. The first-order valence-corrected chi connectivity index (χ1v) is 8.91. The van der Waals surface area contributed by atoms with Gasteiger partial charge < -0.3 is 16.0 Å². The molecule has 6 nitrogen and oxygen atoms in total. The summed E-state index contributed by atoms with van der Waals surface area (Å²) in [6.07, 6.45) is 3.99. The van der Waals surface area contributed by atoms with Gasteiger partial charge in [0.25, 0.3) is 5.91 Å². The summed E-state index contributed by atoms with van der Waals surface area (Å²) in [6, 6.07) is 6.61. The molecule has 0 radical (unpaired) electrons. The summed E-state index contributed by atoms with van der Waals surface area (Å²) in [5.74, 6) is -0.490. The van der Waals surface area contributed by atoms with Crippen LogP contribution in [0.4, 0.5) is 0 Å². The van der Waals surface area contributed by atoms with Crippen LogP contribution in [0.3, 0.4) is 0 Å². The Morgan fingerprint density at radius 1 is 1.12 bits per heavy atom. The monoisotopic (exact) mass is 365 g/mol. The van der Waals surface area contributed by atoms with Crippen molar-refractivity contribution in [3.63, 3.8) is 0 Å². The first kappa shape index (κ1) is 19.2. The molecule has 1 aliphatic carbocycles. The second-order valence-corrected chi connectivity index (χ2v) is 6.72. The SMILES string of the molecule is CNC(=O)C1(NC(=O)CCCNC(=O)c2ccc(Cl)cc2)CCCC1. The fourth-order valence-electron chi connectivity index (χ4n) is 3.11. The molecule has 0 bridgehead atoms.